The standard InChI is InChI=1S/C21H24N4OS/c1-13(2)14-3-5-15(6-4-14)17-11-27-21-18(17)20(23-12-24-21)25-9-7-16(8-10-25)19(22)26/h3-6,11-13,16H,7-10H2,1-2H3,(H2,22,26). The molecular formula is C21H24N4OS. The summed E-state index contributed by atoms with van der Waals surface area (Å²) in [5.74, 6) is 1.27. The summed E-state index contributed by atoms with van der Waals surface area (Å²) in [6, 6.07) is 8.77. The van der Waals surface area contributed by atoms with E-state index >= 15 is 0 Å². The molecule has 2 aromatic heterocycles. The molecule has 27 heavy (non-hydrogen) atoms. The monoisotopic (exact) mass is 380 g/mol. The lowest BCUT2D eigenvalue weighted by Crippen LogP contribution is -2.39. The van der Waals surface area contributed by atoms with Crippen molar-refractivity contribution in [3.8, 4) is 11.1 Å². The molecule has 1 aliphatic rings. The molecule has 1 aliphatic heterocycles. The van der Waals surface area contributed by atoms with E-state index in [1.165, 1.54) is 16.7 Å². The summed E-state index contributed by atoms with van der Waals surface area (Å²) in [7, 11) is 0. The molecule has 0 spiro atoms. The van der Waals surface area contributed by atoms with Gasteiger partial charge in [0.25, 0.3) is 0 Å². The SMILES string of the molecule is CC(C)c1ccc(-c2csc3ncnc(N4CCC(C(N)=O)CC4)c23)cc1. The van der Waals surface area contributed by atoms with E-state index in [1.54, 1.807) is 17.7 Å². The first kappa shape index (κ1) is 17.9. The number of carbonyl (C=O) groups excluding carboxylic acids is 1. The van der Waals surface area contributed by atoms with Crippen LogP contribution in [-0.4, -0.2) is 29.0 Å². The summed E-state index contributed by atoms with van der Waals surface area (Å²) in [5.41, 5.74) is 9.18. The Labute approximate surface area is 163 Å². The highest BCUT2D eigenvalue weighted by Crippen LogP contribution is 2.39. The molecule has 0 atom stereocenters. The van der Waals surface area contributed by atoms with E-state index in [-0.39, 0.29) is 11.8 Å². The topological polar surface area (TPSA) is 72.1 Å². The Morgan fingerprint density at radius 3 is 2.52 bits per heavy atom. The number of primary amides is 1. The molecule has 0 radical (unpaired) electrons. The smallest absolute Gasteiger partial charge is 0.220 e. The summed E-state index contributed by atoms with van der Waals surface area (Å²) in [6.07, 6.45) is 3.20. The van der Waals surface area contributed by atoms with E-state index < -0.39 is 0 Å². The normalized spacial score (nSPS) is 15.6. The average Bonchev–Trinajstić information content (AvgIpc) is 3.12. The highest BCUT2D eigenvalue weighted by molar-refractivity contribution is 7.17. The Balaban J connectivity index is 1.71. The van der Waals surface area contributed by atoms with E-state index in [1.807, 2.05) is 0 Å². The van der Waals surface area contributed by atoms with Gasteiger partial charge in [-0.05, 0) is 29.9 Å². The molecule has 4 rings (SSSR count). The summed E-state index contributed by atoms with van der Waals surface area (Å²) >= 11 is 1.65. The Bertz CT molecular complexity index is 956. The molecule has 5 nitrogen and oxygen atoms in total. The summed E-state index contributed by atoms with van der Waals surface area (Å²) in [4.78, 5) is 23.8. The second-order valence-corrected chi connectivity index (χ2v) is 8.33. The Morgan fingerprint density at radius 1 is 1.19 bits per heavy atom. The van der Waals surface area contributed by atoms with Crippen LogP contribution >= 0.6 is 11.3 Å². The molecule has 3 heterocycles. The number of amides is 1. The number of anilines is 1. The van der Waals surface area contributed by atoms with Crippen molar-refractivity contribution in [3.63, 3.8) is 0 Å². The maximum absolute atomic E-state index is 11.5. The van der Waals surface area contributed by atoms with E-state index in [9.17, 15) is 4.79 Å². The minimum atomic E-state index is -0.191. The fourth-order valence-corrected chi connectivity index (χ4v) is 4.65. The van der Waals surface area contributed by atoms with Gasteiger partial charge in [-0.15, -0.1) is 11.3 Å². The maximum Gasteiger partial charge on any atom is 0.220 e. The molecule has 1 amide bonds. The molecule has 0 unspecified atom stereocenters. The van der Waals surface area contributed by atoms with Gasteiger partial charge < -0.3 is 10.6 Å². The van der Waals surface area contributed by atoms with E-state index in [4.69, 9.17) is 5.73 Å². The van der Waals surface area contributed by atoms with Crippen molar-refractivity contribution >= 4 is 33.3 Å². The molecular weight excluding hydrogens is 356 g/mol. The van der Waals surface area contributed by atoms with Crippen molar-refractivity contribution < 1.29 is 4.79 Å². The van der Waals surface area contributed by atoms with Gasteiger partial charge in [0.15, 0.2) is 0 Å². The van der Waals surface area contributed by atoms with Gasteiger partial charge in [0, 0.05) is 30.0 Å². The lowest BCUT2D eigenvalue weighted by molar-refractivity contribution is -0.122. The van der Waals surface area contributed by atoms with Gasteiger partial charge in [-0.2, -0.15) is 0 Å². The number of fused-ring (bicyclic) bond motifs is 1. The van der Waals surface area contributed by atoms with Crippen LogP contribution in [0.3, 0.4) is 0 Å². The lowest BCUT2D eigenvalue weighted by Gasteiger charge is -2.31. The van der Waals surface area contributed by atoms with E-state index in [0.29, 0.717) is 5.92 Å². The number of nitrogens with zero attached hydrogens (tertiary/aromatic N) is 3. The van der Waals surface area contributed by atoms with Crippen LogP contribution in [0.1, 0.15) is 38.2 Å². The van der Waals surface area contributed by atoms with Crippen molar-refractivity contribution in [2.24, 2.45) is 11.7 Å². The average molecular weight is 381 g/mol. The number of hydrogen-bond donors (Lipinski definition) is 1. The molecule has 6 heteroatoms. The van der Waals surface area contributed by atoms with Gasteiger partial charge in [0.1, 0.15) is 17.0 Å². The molecule has 1 aromatic carbocycles. The molecule has 140 valence electrons. The third kappa shape index (κ3) is 3.41. The zero-order valence-electron chi connectivity index (χ0n) is 15.7. The molecule has 3 aromatic rings. The maximum atomic E-state index is 11.5. The van der Waals surface area contributed by atoms with Gasteiger partial charge in [-0.3, -0.25) is 4.79 Å². The quantitative estimate of drug-likeness (QED) is 0.737. The van der Waals surface area contributed by atoms with Gasteiger partial charge in [-0.1, -0.05) is 38.1 Å². The Kier molecular flexibility index (Phi) is 4.83. The first-order valence-corrected chi connectivity index (χ1v) is 10.3. The second-order valence-electron chi connectivity index (χ2n) is 7.47. The van der Waals surface area contributed by atoms with Crippen LogP contribution in [0.4, 0.5) is 5.82 Å². The molecule has 0 saturated carbocycles. The zero-order valence-corrected chi connectivity index (χ0v) is 16.5. The lowest BCUT2D eigenvalue weighted by atomic mass is 9.95. The van der Waals surface area contributed by atoms with Crippen molar-refractivity contribution in [1.82, 2.24) is 9.97 Å². The third-order valence-electron chi connectivity index (χ3n) is 5.44. The minimum Gasteiger partial charge on any atom is -0.369 e. The van der Waals surface area contributed by atoms with Crippen molar-refractivity contribution in [2.45, 2.75) is 32.6 Å². The van der Waals surface area contributed by atoms with Crippen LogP contribution < -0.4 is 10.6 Å². The largest absolute Gasteiger partial charge is 0.369 e. The zero-order chi connectivity index (χ0) is 19.0. The van der Waals surface area contributed by atoms with Crippen LogP contribution in [0.2, 0.25) is 0 Å². The highest BCUT2D eigenvalue weighted by Gasteiger charge is 2.26. The van der Waals surface area contributed by atoms with Gasteiger partial charge in [-0.25, -0.2) is 9.97 Å². The number of carbonyl (C=O) groups is 1. The van der Waals surface area contributed by atoms with Crippen molar-refractivity contribution in [3.05, 3.63) is 41.5 Å². The van der Waals surface area contributed by atoms with E-state index in [0.717, 1.165) is 42.0 Å². The Hall–Kier alpha value is -2.47. The van der Waals surface area contributed by atoms with E-state index in [2.05, 4.69) is 58.4 Å². The van der Waals surface area contributed by atoms with Crippen LogP contribution in [0, 0.1) is 5.92 Å². The van der Waals surface area contributed by atoms with Gasteiger partial charge >= 0.3 is 0 Å². The predicted molar refractivity (Wildman–Crippen MR) is 111 cm³/mol. The summed E-state index contributed by atoms with van der Waals surface area (Å²) in [6.45, 7) is 6.00. The van der Waals surface area contributed by atoms with Crippen LogP contribution in [0.5, 0.6) is 0 Å². The van der Waals surface area contributed by atoms with Crippen LogP contribution in [0.25, 0.3) is 21.3 Å². The first-order chi connectivity index (χ1) is 13.0. The molecule has 1 fully saturated rings. The van der Waals surface area contributed by atoms with Crippen molar-refractivity contribution in [2.75, 3.05) is 18.0 Å². The number of rotatable bonds is 4. The molecule has 1 saturated heterocycles. The number of piperidine rings is 1. The summed E-state index contributed by atoms with van der Waals surface area (Å²) in [5, 5.41) is 3.28. The first-order valence-electron chi connectivity index (χ1n) is 9.41. The van der Waals surface area contributed by atoms with Gasteiger partial charge in [0.2, 0.25) is 5.91 Å². The fourth-order valence-electron chi connectivity index (χ4n) is 3.73. The summed E-state index contributed by atoms with van der Waals surface area (Å²) < 4.78 is 0. The minimum absolute atomic E-state index is 0.0240. The Morgan fingerprint density at radius 2 is 1.89 bits per heavy atom. The van der Waals surface area contributed by atoms with Gasteiger partial charge in [0.05, 0.1) is 5.39 Å². The van der Waals surface area contributed by atoms with Crippen molar-refractivity contribution in [1.29, 1.82) is 0 Å². The number of thiophene rings is 1. The number of benzene rings is 1. The second kappa shape index (κ2) is 7.27. The number of aromatic nitrogens is 2. The molecule has 2 N–H and O–H groups in total. The highest BCUT2D eigenvalue weighted by atomic mass is 32.1. The number of nitrogens with two attached hydrogens (primary N) is 1. The molecule has 0 aliphatic carbocycles. The molecule has 0 bridgehead atoms. The van der Waals surface area contributed by atoms with Crippen LogP contribution in [-0.2, 0) is 4.79 Å². The third-order valence-corrected chi connectivity index (χ3v) is 6.32. The predicted octanol–water partition coefficient (Wildman–Crippen LogP) is 4.18. The fraction of sp³-hybridized carbons (Fsp3) is 0.381. The van der Waals surface area contributed by atoms with Crippen LogP contribution in [0.15, 0.2) is 36.0 Å². The number of hydrogen-bond acceptors (Lipinski definition) is 5.